The maximum absolute atomic E-state index is 11.1. The van der Waals surface area contributed by atoms with E-state index in [1.54, 1.807) is 14.0 Å². The fraction of sp³-hybridized carbons (Fsp3) is 0.357. The average Bonchev–Trinajstić information content (AvgIpc) is 2.66. The topological polar surface area (TPSA) is 73.0 Å². The molecule has 0 aliphatic heterocycles. The fourth-order valence-corrected chi connectivity index (χ4v) is 2.27. The minimum Gasteiger partial charge on any atom is -0.335 e. The summed E-state index contributed by atoms with van der Waals surface area (Å²) in [5.74, 6) is 0.401. The van der Waals surface area contributed by atoms with Crippen LogP contribution < -0.4 is 5.32 Å². The molecule has 106 valence electrons. The largest absolute Gasteiger partial charge is 0.335 e. The van der Waals surface area contributed by atoms with E-state index in [2.05, 4.69) is 24.3 Å². The van der Waals surface area contributed by atoms with Gasteiger partial charge >= 0.3 is 5.69 Å². The monoisotopic (exact) mass is 274 g/mol. The second-order valence-corrected chi connectivity index (χ2v) is 4.78. The Hall–Kier alpha value is -2.37. The molecule has 1 aromatic carbocycles. The third-order valence-corrected chi connectivity index (χ3v) is 3.37. The third kappa shape index (κ3) is 2.49. The Morgan fingerprint density at radius 3 is 2.70 bits per heavy atom. The lowest BCUT2D eigenvalue weighted by molar-refractivity contribution is -0.384. The number of nitrogens with zero attached hydrogens (tertiary/aromatic N) is 3. The first-order valence-corrected chi connectivity index (χ1v) is 6.48. The molecule has 1 aromatic heterocycles. The molecule has 0 saturated carbocycles. The number of anilines is 2. The molecular weight excluding hydrogens is 256 g/mol. The van der Waals surface area contributed by atoms with Gasteiger partial charge in [0.05, 0.1) is 4.92 Å². The van der Waals surface area contributed by atoms with Crippen LogP contribution >= 0.6 is 0 Å². The second-order valence-electron chi connectivity index (χ2n) is 4.78. The van der Waals surface area contributed by atoms with Crippen molar-refractivity contribution in [2.75, 3.05) is 5.32 Å². The zero-order valence-electron chi connectivity index (χ0n) is 12.1. The molecule has 0 aliphatic carbocycles. The zero-order valence-corrected chi connectivity index (χ0v) is 12.1. The Labute approximate surface area is 117 Å². The lowest BCUT2D eigenvalue weighted by Gasteiger charge is -2.09. The maximum Gasteiger partial charge on any atom is 0.334 e. The van der Waals surface area contributed by atoms with E-state index in [1.807, 2.05) is 18.2 Å². The third-order valence-electron chi connectivity index (χ3n) is 3.37. The van der Waals surface area contributed by atoms with Gasteiger partial charge in [-0.3, -0.25) is 10.1 Å². The summed E-state index contributed by atoms with van der Waals surface area (Å²) in [6, 6.07) is 5.94. The smallest absolute Gasteiger partial charge is 0.334 e. The molecule has 2 aromatic rings. The summed E-state index contributed by atoms with van der Waals surface area (Å²) in [6.07, 6.45) is 0.924. The summed E-state index contributed by atoms with van der Waals surface area (Å²) in [4.78, 5) is 10.7. The average molecular weight is 274 g/mol. The summed E-state index contributed by atoms with van der Waals surface area (Å²) in [5.41, 5.74) is 3.69. The lowest BCUT2D eigenvalue weighted by Crippen LogP contribution is -2.02. The van der Waals surface area contributed by atoms with Crippen molar-refractivity contribution in [2.24, 2.45) is 7.05 Å². The van der Waals surface area contributed by atoms with Gasteiger partial charge in [-0.05, 0) is 43.5 Å². The van der Waals surface area contributed by atoms with E-state index >= 15 is 0 Å². The Bertz CT molecular complexity index is 661. The molecular formula is C14H18N4O2. The van der Waals surface area contributed by atoms with E-state index in [0.29, 0.717) is 11.5 Å². The number of aryl methyl sites for hydroxylation is 4. The first kappa shape index (κ1) is 14.0. The summed E-state index contributed by atoms with van der Waals surface area (Å²) in [5, 5.41) is 18.3. The van der Waals surface area contributed by atoms with E-state index < -0.39 is 4.92 Å². The van der Waals surface area contributed by atoms with Gasteiger partial charge in [-0.15, -0.1) is 0 Å². The summed E-state index contributed by atoms with van der Waals surface area (Å²) >= 11 is 0. The van der Waals surface area contributed by atoms with Crippen LogP contribution in [0.2, 0.25) is 0 Å². The molecule has 0 radical (unpaired) electrons. The van der Waals surface area contributed by atoms with Crippen LogP contribution in [-0.4, -0.2) is 14.7 Å². The Morgan fingerprint density at radius 2 is 2.10 bits per heavy atom. The van der Waals surface area contributed by atoms with Crippen LogP contribution in [-0.2, 0) is 13.5 Å². The first-order valence-electron chi connectivity index (χ1n) is 6.48. The number of nitro groups is 1. The SMILES string of the molecule is CCc1cc(Nc2c([N+](=O)[O-])c(C)nn2C)ccc1C. The molecule has 0 aliphatic rings. The van der Waals surface area contributed by atoms with E-state index in [4.69, 9.17) is 0 Å². The van der Waals surface area contributed by atoms with Crippen LogP contribution in [0.1, 0.15) is 23.7 Å². The van der Waals surface area contributed by atoms with Crippen LogP contribution in [0.25, 0.3) is 0 Å². The molecule has 1 heterocycles. The molecule has 0 bridgehead atoms. The first-order chi connectivity index (χ1) is 9.43. The Balaban J connectivity index is 2.42. The van der Waals surface area contributed by atoms with Gasteiger partial charge in [0.1, 0.15) is 5.69 Å². The molecule has 2 rings (SSSR count). The Kier molecular flexibility index (Phi) is 3.74. The van der Waals surface area contributed by atoms with Crippen molar-refractivity contribution in [3.63, 3.8) is 0 Å². The van der Waals surface area contributed by atoms with Crippen LogP contribution in [0.5, 0.6) is 0 Å². The van der Waals surface area contributed by atoms with Crippen molar-refractivity contribution in [3.8, 4) is 0 Å². The highest BCUT2D eigenvalue weighted by Crippen LogP contribution is 2.30. The molecule has 1 N–H and O–H groups in total. The molecule has 0 spiro atoms. The molecule has 6 heteroatoms. The molecule has 0 atom stereocenters. The van der Waals surface area contributed by atoms with E-state index in [9.17, 15) is 10.1 Å². The number of benzene rings is 1. The minimum absolute atomic E-state index is 0.0196. The van der Waals surface area contributed by atoms with Gasteiger partial charge in [-0.1, -0.05) is 13.0 Å². The van der Waals surface area contributed by atoms with E-state index in [0.717, 1.165) is 12.1 Å². The number of aromatic nitrogens is 2. The van der Waals surface area contributed by atoms with Gasteiger partial charge in [0.15, 0.2) is 0 Å². The number of hydrogen-bond donors (Lipinski definition) is 1. The molecule has 0 amide bonds. The van der Waals surface area contributed by atoms with Crippen LogP contribution in [0, 0.1) is 24.0 Å². The molecule has 0 unspecified atom stereocenters. The summed E-state index contributed by atoms with van der Waals surface area (Å²) in [6.45, 7) is 5.78. The van der Waals surface area contributed by atoms with Crippen LogP contribution in [0.4, 0.5) is 17.2 Å². The number of rotatable bonds is 4. The van der Waals surface area contributed by atoms with Crippen molar-refractivity contribution in [3.05, 3.63) is 45.1 Å². The van der Waals surface area contributed by atoms with E-state index in [1.165, 1.54) is 15.8 Å². The van der Waals surface area contributed by atoms with Gasteiger partial charge in [0.2, 0.25) is 5.82 Å². The van der Waals surface area contributed by atoms with Gasteiger partial charge in [-0.25, -0.2) is 4.68 Å². The zero-order chi connectivity index (χ0) is 14.9. The molecule has 0 saturated heterocycles. The maximum atomic E-state index is 11.1. The Morgan fingerprint density at radius 1 is 1.40 bits per heavy atom. The highest BCUT2D eigenvalue weighted by atomic mass is 16.6. The van der Waals surface area contributed by atoms with Crippen LogP contribution in [0.3, 0.4) is 0 Å². The van der Waals surface area contributed by atoms with Crippen LogP contribution in [0.15, 0.2) is 18.2 Å². The van der Waals surface area contributed by atoms with Gasteiger partial charge in [-0.2, -0.15) is 5.10 Å². The number of hydrogen-bond acceptors (Lipinski definition) is 4. The predicted molar refractivity (Wildman–Crippen MR) is 78.4 cm³/mol. The van der Waals surface area contributed by atoms with Crippen molar-refractivity contribution in [2.45, 2.75) is 27.2 Å². The predicted octanol–water partition coefficient (Wildman–Crippen LogP) is 3.25. The lowest BCUT2D eigenvalue weighted by atomic mass is 10.1. The normalized spacial score (nSPS) is 10.6. The standard InChI is InChI=1S/C14H18N4O2/c1-5-11-8-12(7-6-9(11)2)15-14-13(18(19)20)10(3)16-17(14)4/h6-8,15H,5H2,1-4H3. The van der Waals surface area contributed by atoms with Crippen molar-refractivity contribution in [1.29, 1.82) is 0 Å². The van der Waals surface area contributed by atoms with Gasteiger partial charge in [0.25, 0.3) is 0 Å². The van der Waals surface area contributed by atoms with E-state index in [-0.39, 0.29) is 5.69 Å². The summed E-state index contributed by atoms with van der Waals surface area (Å²) < 4.78 is 1.50. The van der Waals surface area contributed by atoms with Gasteiger partial charge in [0, 0.05) is 12.7 Å². The molecule has 20 heavy (non-hydrogen) atoms. The summed E-state index contributed by atoms with van der Waals surface area (Å²) in [7, 11) is 1.69. The molecule has 6 nitrogen and oxygen atoms in total. The van der Waals surface area contributed by atoms with Gasteiger partial charge < -0.3 is 5.32 Å². The second kappa shape index (κ2) is 5.32. The highest BCUT2D eigenvalue weighted by molar-refractivity contribution is 5.68. The van der Waals surface area contributed by atoms with Crippen molar-refractivity contribution < 1.29 is 4.92 Å². The highest BCUT2D eigenvalue weighted by Gasteiger charge is 2.24. The fourth-order valence-electron chi connectivity index (χ4n) is 2.27. The van der Waals surface area contributed by atoms with Crippen molar-refractivity contribution >= 4 is 17.2 Å². The van der Waals surface area contributed by atoms with Crippen molar-refractivity contribution in [1.82, 2.24) is 9.78 Å². The molecule has 0 fully saturated rings. The minimum atomic E-state index is -0.403. The number of nitrogens with one attached hydrogen (secondary N) is 1. The quantitative estimate of drug-likeness (QED) is 0.686.